The van der Waals surface area contributed by atoms with Gasteiger partial charge in [-0.1, -0.05) is 12.1 Å². The minimum atomic E-state index is -0.593. The van der Waals surface area contributed by atoms with Crippen LogP contribution in [0.15, 0.2) is 35.1 Å². The number of hydrogen-bond acceptors (Lipinski definition) is 6. The molecule has 10 heteroatoms. The molecule has 0 radical (unpaired) electrons. The highest BCUT2D eigenvalue weighted by Crippen LogP contribution is 2.48. The number of halogens is 1. The topological polar surface area (TPSA) is 93.0 Å². The van der Waals surface area contributed by atoms with E-state index >= 15 is 0 Å². The summed E-state index contributed by atoms with van der Waals surface area (Å²) in [5, 5.41) is 13.7. The van der Waals surface area contributed by atoms with Crippen LogP contribution in [0.3, 0.4) is 0 Å². The van der Waals surface area contributed by atoms with Crippen LogP contribution in [0.5, 0.6) is 23.1 Å². The minimum Gasteiger partial charge on any atom is -0.859 e. The summed E-state index contributed by atoms with van der Waals surface area (Å²) >= 11 is 5.30. The molecule has 0 aliphatic carbocycles. The average molecular weight is 472 g/mol. The summed E-state index contributed by atoms with van der Waals surface area (Å²) in [6, 6.07) is 7.10. The number of nitrogens with zero attached hydrogens (tertiary/aromatic N) is 1. The largest absolute Gasteiger partial charge is 0.859 e. The summed E-state index contributed by atoms with van der Waals surface area (Å²) in [4.78, 5) is 16.7. The van der Waals surface area contributed by atoms with Gasteiger partial charge in [-0.05, 0) is 47.4 Å². The maximum absolute atomic E-state index is 13.7. The molecule has 5 rings (SSSR count). The van der Waals surface area contributed by atoms with Crippen molar-refractivity contribution in [2.24, 2.45) is 0 Å². The summed E-state index contributed by atoms with van der Waals surface area (Å²) in [7, 11) is 3.46. The SMILES string of the molecule is COc1c2c(cc3c1[C@@H](c1c([O-])n(Cc4ccc(F)cc4)c(=S)[nH]c1=O)[NH+](C)CC3)OCO2. The fourth-order valence-electron chi connectivity index (χ4n) is 4.65. The predicted molar refractivity (Wildman–Crippen MR) is 117 cm³/mol. The lowest BCUT2D eigenvalue weighted by atomic mass is 9.87. The zero-order valence-electron chi connectivity index (χ0n) is 18.1. The van der Waals surface area contributed by atoms with Crippen LogP contribution in [-0.4, -0.2) is 37.0 Å². The molecule has 3 aromatic rings. The third kappa shape index (κ3) is 3.55. The fraction of sp³-hybridized carbons (Fsp3) is 0.304. The van der Waals surface area contributed by atoms with Gasteiger partial charge in [0.1, 0.15) is 11.9 Å². The number of hydrogen-bond donors (Lipinski definition) is 2. The molecule has 8 nitrogen and oxygen atoms in total. The lowest BCUT2D eigenvalue weighted by Crippen LogP contribution is -3.10. The monoisotopic (exact) mass is 471 g/mol. The number of fused-ring (bicyclic) bond motifs is 2. The Bertz CT molecular complexity index is 1350. The predicted octanol–water partition coefficient (Wildman–Crippen LogP) is 1.06. The minimum absolute atomic E-state index is 0.0180. The molecule has 0 amide bonds. The van der Waals surface area contributed by atoms with Gasteiger partial charge in [-0.3, -0.25) is 9.78 Å². The van der Waals surface area contributed by atoms with Crippen molar-refractivity contribution in [1.29, 1.82) is 0 Å². The second kappa shape index (κ2) is 8.20. The number of likely N-dealkylation sites (N-methyl/N-ethyl adjacent to an activating group) is 1. The van der Waals surface area contributed by atoms with Crippen molar-refractivity contribution in [1.82, 2.24) is 9.55 Å². The van der Waals surface area contributed by atoms with Crippen molar-refractivity contribution in [3.8, 4) is 23.1 Å². The molecule has 2 N–H and O–H groups in total. The molecule has 0 spiro atoms. The number of rotatable bonds is 4. The Kier molecular flexibility index (Phi) is 5.34. The van der Waals surface area contributed by atoms with E-state index in [1.807, 2.05) is 13.1 Å². The summed E-state index contributed by atoms with van der Waals surface area (Å²) < 4.78 is 31.5. The van der Waals surface area contributed by atoms with Gasteiger partial charge in [-0.15, -0.1) is 0 Å². The second-order valence-electron chi connectivity index (χ2n) is 8.19. The zero-order chi connectivity index (χ0) is 23.3. The van der Waals surface area contributed by atoms with E-state index in [0.29, 0.717) is 29.4 Å². The molecule has 0 saturated heterocycles. The highest BCUT2D eigenvalue weighted by atomic mass is 32.1. The zero-order valence-corrected chi connectivity index (χ0v) is 18.9. The molecule has 172 valence electrons. The molecule has 33 heavy (non-hydrogen) atoms. The van der Waals surface area contributed by atoms with Crippen molar-refractivity contribution in [2.75, 3.05) is 27.5 Å². The first-order chi connectivity index (χ1) is 15.9. The number of methoxy groups -OCH3 is 1. The van der Waals surface area contributed by atoms with Gasteiger partial charge < -0.3 is 28.8 Å². The first-order valence-electron chi connectivity index (χ1n) is 10.5. The summed E-state index contributed by atoms with van der Waals surface area (Å²) in [6.07, 6.45) is 0.728. The van der Waals surface area contributed by atoms with Crippen molar-refractivity contribution in [3.05, 3.63) is 73.5 Å². The summed E-state index contributed by atoms with van der Waals surface area (Å²) in [5.74, 6) is 0.674. The smallest absolute Gasteiger partial charge is 0.260 e. The Labute approximate surface area is 193 Å². The number of H-pyrrole nitrogens is 1. The first kappa shape index (κ1) is 21.5. The number of nitrogens with one attached hydrogen (secondary N) is 2. The molecule has 1 aromatic heterocycles. The molecule has 2 aliphatic heterocycles. The summed E-state index contributed by atoms with van der Waals surface area (Å²) in [6.45, 7) is 0.892. The van der Waals surface area contributed by atoms with E-state index in [9.17, 15) is 14.3 Å². The summed E-state index contributed by atoms with van der Waals surface area (Å²) in [5.41, 5.74) is 1.91. The van der Waals surface area contributed by atoms with E-state index in [1.54, 1.807) is 12.1 Å². The van der Waals surface area contributed by atoms with E-state index in [2.05, 4.69) is 4.98 Å². The van der Waals surface area contributed by atoms with Crippen LogP contribution in [0.1, 0.15) is 28.3 Å². The molecule has 0 bridgehead atoms. The number of benzene rings is 2. The van der Waals surface area contributed by atoms with Gasteiger partial charge in [0.25, 0.3) is 5.56 Å². The Morgan fingerprint density at radius 3 is 2.79 bits per heavy atom. The number of aromatic amines is 1. The van der Waals surface area contributed by atoms with Crippen LogP contribution in [0.2, 0.25) is 0 Å². The molecule has 2 aromatic carbocycles. The molecule has 3 heterocycles. The van der Waals surface area contributed by atoms with Crippen molar-refractivity contribution >= 4 is 12.2 Å². The van der Waals surface area contributed by atoms with Gasteiger partial charge in [0, 0.05) is 13.0 Å². The highest BCUT2D eigenvalue weighted by molar-refractivity contribution is 7.71. The molecular weight excluding hydrogens is 449 g/mol. The van der Waals surface area contributed by atoms with E-state index in [4.69, 9.17) is 26.4 Å². The molecule has 0 fully saturated rings. The average Bonchev–Trinajstić information content (AvgIpc) is 3.26. The van der Waals surface area contributed by atoms with E-state index in [1.165, 1.54) is 23.8 Å². The second-order valence-corrected chi connectivity index (χ2v) is 8.57. The Morgan fingerprint density at radius 2 is 2.06 bits per heavy atom. The lowest BCUT2D eigenvalue weighted by Gasteiger charge is -2.35. The van der Waals surface area contributed by atoms with Crippen LogP contribution in [0.25, 0.3) is 0 Å². The van der Waals surface area contributed by atoms with Gasteiger partial charge in [-0.25, -0.2) is 4.39 Å². The lowest BCUT2D eigenvalue weighted by molar-refractivity contribution is -0.908. The van der Waals surface area contributed by atoms with Crippen LogP contribution < -0.4 is 29.8 Å². The van der Waals surface area contributed by atoms with Crippen LogP contribution in [-0.2, 0) is 13.0 Å². The Morgan fingerprint density at radius 1 is 1.30 bits per heavy atom. The molecule has 0 saturated carbocycles. The quantitative estimate of drug-likeness (QED) is 0.553. The number of quaternary nitrogens is 1. The third-order valence-electron chi connectivity index (χ3n) is 6.25. The highest BCUT2D eigenvalue weighted by Gasteiger charge is 2.39. The Hall–Kier alpha value is -3.37. The Balaban J connectivity index is 1.70. The van der Waals surface area contributed by atoms with Gasteiger partial charge in [0.05, 0.1) is 31.8 Å². The van der Waals surface area contributed by atoms with Gasteiger partial charge in [0.15, 0.2) is 16.3 Å². The van der Waals surface area contributed by atoms with Crippen LogP contribution in [0, 0.1) is 10.6 Å². The maximum atomic E-state index is 13.7. The van der Waals surface area contributed by atoms with E-state index in [0.717, 1.165) is 22.4 Å². The van der Waals surface area contributed by atoms with Crippen LogP contribution >= 0.6 is 12.2 Å². The normalized spacial score (nSPS) is 18.8. The first-order valence-corrected chi connectivity index (χ1v) is 10.9. The molecular formula is C23H22FN3O5S. The van der Waals surface area contributed by atoms with Crippen LogP contribution in [0.4, 0.5) is 4.39 Å². The number of ether oxygens (including phenoxy) is 3. The number of aromatic nitrogens is 2. The standard InChI is InChI=1S/C23H22FN3O5S/c1-26-8-7-13-9-15-19(32-11-31-15)20(30-2)16(13)18(26)17-21(28)25-23(33)27(22(17)29)10-12-3-5-14(24)6-4-12/h3-6,9,18,29H,7-8,10-11H2,1-2H3,(H,25,28,33)/t18-/m0/s1. The van der Waals surface area contributed by atoms with Gasteiger partial charge in [0.2, 0.25) is 12.5 Å². The third-order valence-corrected chi connectivity index (χ3v) is 6.57. The van der Waals surface area contributed by atoms with Crippen molar-refractivity contribution in [3.63, 3.8) is 0 Å². The fourth-order valence-corrected chi connectivity index (χ4v) is 4.89. The molecule has 2 aliphatic rings. The van der Waals surface area contributed by atoms with Crippen molar-refractivity contribution in [2.45, 2.75) is 19.0 Å². The van der Waals surface area contributed by atoms with Gasteiger partial charge >= 0.3 is 0 Å². The van der Waals surface area contributed by atoms with Gasteiger partial charge in [-0.2, -0.15) is 0 Å². The van der Waals surface area contributed by atoms with E-state index in [-0.39, 0.29) is 29.5 Å². The molecule has 2 atom stereocenters. The van der Waals surface area contributed by atoms with Crippen molar-refractivity contribution < 1.29 is 28.6 Å². The maximum Gasteiger partial charge on any atom is 0.260 e. The van der Waals surface area contributed by atoms with E-state index < -0.39 is 17.5 Å². The molecule has 1 unspecified atom stereocenters.